The number of ether oxygens (including phenoxy) is 1. The Hall–Kier alpha value is -2.92. The molecule has 25 heavy (non-hydrogen) atoms. The van der Waals surface area contributed by atoms with Crippen LogP contribution in [0.1, 0.15) is 10.4 Å². The van der Waals surface area contributed by atoms with Gasteiger partial charge in [0, 0.05) is 24.2 Å². The van der Waals surface area contributed by atoms with Gasteiger partial charge in [-0.05, 0) is 12.1 Å². The van der Waals surface area contributed by atoms with Crippen molar-refractivity contribution in [2.24, 2.45) is 0 Å². The van der Waals surface area contributed by atoms with Crippen molar-refractivity contribution in [3.05, 3.63) is 66.4 Å². The van der Waals surface area contributed by atoms with Gasteiger partial charge in [-0.2, -0.15) is 0 Å². The number of aromatic nitrogens is 1. The average Bonchev–Trinajstić information content (AvgIpc) is 3.19. The Morgan fingerprint density at radius 1 is 0.960 bits per heavy atom. The Labute approximate surface area is 145 Å². The Kier molecular flexibility index (Phi) is 4.31. The highest BCUT2D eigenvalue weighted by atomic mass is 16.5. The third kappa shape index (κ3) is 3.19. The molecule has 0 N–H and O–H groups in total. The number of benzene rings is 2. The lowest BCUT2D eigenvalue weighted by Gasteiger charge is -2.27. The van der Waals surface area contributed by atoms with Crippen molar-refractivity contribution >= 4 is 5.91 Å². The fourth-order valence-electron chi connectivity index (χ4n) is 2.93. The van der Waals surface area contributed by atoms with E-state index >= 15 is 0 Å². The van der Waals surface area contributed by atoms with Gasteiger partial charge in [0.25, 0.3) is 5.91 Å². The van der Waals surface area contributed by atoms with Gasteiger partial charge in [-0.1, -0.05) is 42.5 Å². The molecule has 126 valence electrons. The summed E-state index contributed by atoms with van der Waals surface area (Å²) in [6.45, 7) is 2.36. The predicted molar refractivity (Wildman–Crippen MR) is 94.1 cm³/mol. The van der Waals surface area contributed by atoms with E-state index in [2.05, 4.69) is 4.98 Å². The molecule has 0 aliphatic carbocycles. The molecule has 1 aliphatic rings. The highest BCUT2D eigenvalue weighted by Gasteiger charge is 2.23. The maximum absolute atomic E-state index is 12.9. The first-order valence-corrected chi connectivity index (χ1v) is 8.30. The summed E-state index contributed by atoms with van der Waals surface area (Å²) < 4.78 is 11.3. The van der Waals surface area contributed by atoms with Gasteiger partial charge in [-0.15, -0.1) is 0 Å². The standard InChI is InChI=1S/C20H18N2O3/c23-20(22-10-12-24-13-11-22)17-9-5-4-8-16(17)19-21-14-18(25-19)15-6-2-1-3-7-15/h1-9,14H,10-13H2. The largest absolute Gasteiger partial charge is 0.436 e. The molecule has 1 saturated heterocycles. The Balaban J connectivity index is 1.67. The number of nitrogens with zero attached hydrogens (tertiary/aromatic N) is 2. The zero-order valence-corrected chi connectivity index (χ0v) is 13.7. The summed E-state index contributed by atoms with van der Waals surface area (Å²) in [5.74, 6) is 1.12. The molecule has 0 spiro atoms. The normalized spacial score (nSPS) is 14.5. The van der Waals surface area contributed by atoms with Crippen LogP contribution in [-0.2, 0) is 4.74 Å². The van der Waals surface area contributed by atoms with Crippen LogP contribution in [0.3, 0.4) is 0 Å². The number of rotatable bonds is 3. The fourth-order valence-corrected chi connectivity index (χ4v) is 2.93. The second-order valence-corrected chi connectivity index (χ2v) is 5.85. The molecular weight excluding hydrogens is 316 g/mol. The molecule has 1 aromatic heterocycles. The zero-order valence-electron chi connectivity index (χ0n) is 13.7. The van der Waals surface area contributed by atoms with Crippen molar-refractivity contribution in [3.8, 4) is 22.8 Å². The van der Waals surface area contributed by atoms with Crippen molar-refractivity contribution in [2.75, 3.05) is 26.3 Å². The van der Waals surface area contributed by atoms with Gasteiger partial charge in [0.1, 0.15) is 0 Å². The van der Waals surface area contributed by atoms with Crippen LogP contribution < -0.4 is 0 Å². The quantitative estimate of drug-likeness (QED) is 0.736. The molecule has 2 heterocycles. The molecule has 0 radical (unpaired) electrons. The van der Waals surface area contributed by atoms with Crippen LogP contribution in [0.25, 0.3) is 22.8 Å². The number of carbonyl (C=O) groups is 1. The smallest absolute Gasteiger partial charge is 0.254 e. The van der Waals surface area contributed by atoms with Gasteiger partial charge in [-0.3, -0.25) is 4.79 Å². The average molecular weight is 334 g/mol. The lowest BCUT2D eigenvalue weighted by molar-refractivity contribution is 0.0303. The summed E-state index contributed by atoms with van der Waals surface area (Å²) in [6, 6.07) is 17.2. The topological polar surface area (TPSA) is 55.6 Å². The number of hydrogen-bond donors (Lipinski definition) is 0. The molecule has 4 rings (SSSR count). The Morgan fingerprint density at radius 3 is 2.48 bits per heavy atom. The third-order valence-electron chi connectivity index (χ3n) is 4.25. The lowest BCUT2D eigenvalue weighted by atomic mass is 10.1. The van der Waals surface area contributed by atoms with E-state index in [1.54, 1.807) is 6.20 Å². The van der Waals surface area contributed by atoms with Gasteiger partial charge in [-0.25, -0.2) is 4.98 Å². The molecule has 0 unspecified atom stereocenters. The molecule has 1 fully saturated rings. The monoisotopic (exact) mass is 334 g/mol. The Morgan fingerprint density at radius 2 is 1.68 bits per heavy atom. The van der Waals surface area contributed by atoms with Crippen LogP contribution in [-0.4, -0.2) is 42.1 Å². The zero-order chi connectivity index (χ0) is 17.1. The van der Waals surface area contributed by atoms with Gasteiger partial charge < -0.3 is 14.1 Å². The second-order valence-electron chi connectivity index (χ2n) is 5.85. The summed E-state index contributed by atoms with van der Waals surface area (Å²) >= 11 is 0. The highest BCUT2D eigenvalue weighted by molar-refractivity contribution is 6.00. The van der Waals surface area contributed by atoms with Gasteiger partial charge in [0.15, 0.2) is 5.76 Å². The first-order valence-electron chi connectivity index (χ1n) is 8.30. The van der Waals surface area contributed by atoms with Crippen LogP contribution in [0, 0.1) is 0 Å². The summed E-state index contributed by atoms with van der Waals surface area (Å²) in [5.41, 5.74) is 2.27. The van der Waals surface area contributed by atoms with E-state index in [4.69, 9.17) is 9.15 Å². The van der Waals surface area contributed by atoms with Crippen LogP contribution >= 0.6 is 0 Å². The van der Waals surface area contributed by atoms with Crippen LogP contribution in [0.2, 0.25) is 0 Å². The van der Waals surface area contributed by atoms with E-state index < -0.39 is 0 Å². The number of amides is 1. The van der Waals surface area contributed by atoms with Crippen molar-refractivity contribution in [2.45, 2.75) is 0 Å². The number of hydrogen-bond acceptors (Lipinski definition) is 4. The van der Waals surface area contributed by atoms with Gasteiger partial charge in [0.05, 0.1) is 25.0 Å². The number of carbonyl (C=O) groups excluding carboxylic acids is 1. The van der Waals surface area contributed by atoms with Crippen molar-refractivity contribution in [1.82, 2.24) is 9.88 Å². The fraction of sp³-hybridized carbons (Fsp3) is 0.200. The highest BCUT2D eigenvalue weighted by Crippen LogP contribution is 2.28. The van der Waals surface area contributed by atoms with Gasteiger partial charge >= 0.3 is 0 Å². The molecule has 5 nitrogen and oxygen atoms in total. The first kappa shape index (κ1) is 15.6. The molecule has 0 bridgehead atoms. The minimum atomic E-state index is -0.0154. The first-order chi connectivity index (χ1) is 12.3. The molecule has 0 atom stereocenters. The van der Waals surface area contributed by atoms with Crippen molar-refractivity contribution in [3.63, 3.8) is 0 Å². The van der Waals surface area contributed by atoms with E-state index in [1.165, 1.54) is 0 Å². The second kappa shape index (κ2) is 6.91. The minimum Gasteiger partial charge on any atom is -0.436 e. The van der Waals surface area contributed by atoms with E-state index in [9.17, 15) is 4.79 Å². The molecule has 1 amide bonds. The minimum absolute atomic E-state index is 0.0154. The van der Waals surface area contributed by atoms with E-state index in [0.29, 0.717) is 49.1 Å². The maximum atomic E-state index is 12.9. The van der Waals surface area contributed by atoms with Crippen LogP contribution in [0.4, 0.5) is 0 Å². The van der Waals surface area contributed by atoms with Crippen LogP contribution in [0.5, 0.6) is 0 Å². The predicted octanol–water partition coefficient (Wildman–Crippen LogP) is 3.48. The lowest BCUT2D eigenvalue weighted by Crippen LogP contribution is -2.40. The molecular formula is C20H18N2O3. The number of morpholine rings is 1. The van der Waals surface area contributed by atoms with E-state index in [-0.39, 0.29) is 5.91 Å². The summed E-state index contributed by atoms with van der Waals surface area (Å²) in [5, 5.41) is 0. The molecule has 5 heteroatoms. The van der Waals surface area contributed by atoms with Crippen molar-refractivity contribution in [1.29, 1.82) is 0 Å². The maximum Gasteiger partial charge on any atom is 0.254 e. The number of oxazole rings is 1. The van der Waals surface area contributed by atoms with E-state index in [1.807, 2.05) is 59.5 Å². The summed E-state index contributed by atoms with van der Waals surface area (Å²) in [6.07, 6.45) is 1.70. The van der Waals surface area contributed by atoms with Crippen LogP contribution in [0.15, 0.2) is 65.2 Å². The summed E-state index contributed by atoms with van der Waals surface area (Å²) in [4.78, 5) is 19.1. The SMILES string of the molecule is O=C(c1ccccc1-c1ncc(-c2ccccc2)o1)N1CCOCC1. The third-order valence-corrected chi connectivity index (χ3v) is 4.25. The van der Waals surface area contributed by atoms with E-state index in [0.717, 1.165) is 5.56 Å². The summed E-state index contributed by atoms with van der Waals surface area (Å²) in [7, 11) is 0. The molecule has 2 aromatic carbocycles. The molecule has 0 saturated carbocycles. The molecule has 1 aliphatic heterocycles. The molecule has 3 aromatic rings. The van der Waals surface area contributed by atoms with Gasteiger partial charge in [0.2, 0.25) is 5.89 Å². The van der Waals surface area contributed by atoms with Crippen molar-refractivity contribution < 1.29 is 13.9 Å². The Bertz CT molecular complexity index is 867.